The molecule has 1 heterocycles. The highest BCUT2D eigenvalue weighted by Crippen LogP contribution is 2.23. The first-order chi connectivity index (χ1) is 5.38. The molecule has 1 radical (unpaired) electrons. The van der Waals surface area contributed by atoms with E-state index in [0.29, 0.717) is 0 Å². The molecule has 0 bridgehead atoms. The SMILES string of the molecule is CCCN(CC)[C]1CCCO1. The van der Waals surface area contributed by atoms with Crippen LogP contribution < -0.4 is 0 Å². The second kappa shape index (κ2) is 4.73. The molecule has 0 saturated carbocycles. The van der Waals surface area contributed by atoms with Crippen LogP contribution in [0.15, 0.2) is 0 Å². The maximum absolute atomic E-state index is 5.50. The number of ether oxygens (including phenoxy) is 1. The number of nitrogens with zero attached hydrogens (tertiary/aromatic N) is 1. The zero-order valence-electron chi connectivity index (χ0n) is 7.60. The van der Waals surface area contributed by atoms with Crippen LogP contribution in [0.3, 0.4) is 0 Å². The molecule has 1 fully saturated rings. The number of hydrogen-bond donors (Lipinski definition) is 0. The molecular formula is C9H18NO. The van der Waals surface area contributed by atoms with Gasteiger partial charge in [-0.25, -0.2) is 0 Å². The Hall–Kier alpha value is -0.0800. The highest BCUT2D eigenvalue weighted by Gasteiger charge is 2.22. The van der Waals surface area contributed by atoms with Crippen molar-refractivity contribution in [1.82, 2.24) is 4.90 Å². The van der Waals surface area contributed by atoms with E-state index < -0.39 is 0 Å². The lowest BCUT2D eigenvalue weighted by molar-refractivity contribution is 0.0771. The molecule has 2 nitrogen and oxygen atoms in total. The number of rotatable bonds is 4. The highest BCUT2D eigenvalue weighted by molar-refractivity contribution is 4.82. The summed E-state index contributed by atoms with van der Waals surface area (Å²) in [7, 11) is 0. The standard InChI is InChI=1S/C9H18NO/c1-3-7-10(4-2)9-6-5-8-11-9/h3-8H2,1-2H3. The molecule has 0 spiro atoms. The van der Waals surface area contributed by atoms with E-state index in [1.807, 2.05) is 0 Å². The lowest BCUT2D eigenvalue weighted by atomic mass is 10.3. The van der Waals surface area contributed by atoms with E-state index in [-0.39, 0.29) is 0 Å². The van der Waals surface area contributed by atoms with Crippen molar-refractivity contribution < 1.29 is 4.74 Å². The topological polar surface area (TPSA) is 12.5 Å². The van der Waals surface area contributed by atoms with E-state index in [1.165, 1.54) is 19.1 Å². The van der Waals surface area contributed by atoms with E-state index >= 15 is 0 Å². The lowest BCUT2D eigenvalue weighted by Gasteiger charge is -2.24. The predicted octanol–water partition coefficient (Wildman–Crippen LogP) is 2.02. The minimum atomic E-state index is 0.926. The van der Waals surface area contributed by atoms with Gasteiger partial charge in [-0.05, 0) is 25.8 Å². The van der Waals surface area contributed by atoms with Gasteiger partial charge in [0.1, 0.15) is 0 Å². The fraction of sp³-hybridized carbons (Fsp3) is 0.889. The predicted molar refractivity (Wildman–Crippen MR) is 46.0 cm³/mol. The van der Waals surface area contributed by atoms with E-state index in [4.69, 9.17) is 4.74 Å². The Morgan fingerprint density at radius 3 is 2.73 bits per heavy atom. The summed E-state index contributed by atoms with van der Waals surface area (Å²) in [5.41, 5.74) is 0. The average molecular weight is 156 g/mol. The first kappa shape index (κ1) is 9.01. The zero-order valence-corrected chi connectivity index (χ0v) is 7.60. The first-order valence-electron chi connectivity index (χ1n) is 4.62. The van der Waals surface area contributed by atoms with Crippen LogP contribution in [0.5, 0.6) is 0 Å². The molecule has 11 heavy (non-hydrogen) atoms. The molecule has 0 aromatic rings. The van der Waals surface area contributed by atoms with Gasteiger partial charge in [-0.15, -0.1) is 0 Å². The van der Waals surface area contributed by atoms with Crippen molar-refractivity contribution in [2.45, 2.75) is 33.1 Å². The van der Waals surface area contributed by atoms with E-state index in [9.17, 15) is 0 Å². The summed E-state index contributed by atoms with van der Waals surface area (Å²) in [5.74, 6) is 0. The summed E-state index contributed by atoms with van der Waals surface area (Å²) in [5, 5.41) is 0. The van der Waals surface area contributed by atoms with Crippen LogP contribution in [-0.2, 0) is 4.74 Å². The van der Waals surface area contributed by atoms with Gasteiger partial charge in [0.05, 0.1) is 0 Å². The van der Waals surface area contributed by atoms with Gasteiger partial charge < -0.3 is 4.74 Å². The van der Waals surface area contributed by atoms with Crippen molar-refractivity contribution in [3.05, 3.63) is 6.23 Å². The third-order valence-corrected chi connectivity index (χ3v) is 2.03. The average Bonchev–Trinajstić information content (AvgIpc) is 2.52. The summed E-state index contributed by atoms with van der Waals surface area (Å²) < 4.78 is 5.50. The van der Waals surface area contributed by atoms with Crippen LogP contribution in [0.2, 0.25) is 0 Å². The molecule has 0 aromatic heterocycles. The van der Waals surface area contributed by atoms with Gasteiger partial charge in [0, 0.05) is 13.2 Å². The molecule has 1 saturated heterocycles. The van der Waals surface area contributed by atoms with E-state index in [0.717, 1.165) is 26.1 Å². The Balaban J connectivity index is 2.27. The quantitative estimate of drug-likeness (QED) is 0.617. The summed E-state index contributed by atoms with van der Waals surface area (Å²) in [6.07, 6.45) is 4.78. The Morgan fingerprint density at radius 2 is 2.27 bits per heavy atom. The molecule has 0 atom stereocenters. The van der Waals surface area contributed by atoms with Crippen molar-refractivity contribution in [2.24, 2.45) is 0 Å². The normalized spacial score (nSPS) is 19.9. The lowest BCUT2D eigenvalue weighted by Crippen LogP contribution is -2.28. The summed E-state index contributed by atoms with van der Waals surface area (Å²) in [6, 6.07) is 0. The molecule has 1 aliphatic rings. The Bertz CT molecular complexity index is 99.7. The van der Waals surface area contributed by atoms with Crippen molar-refractivity contribution in [3.8, 4) is 0 Å². The van der Waals surface area contributed by atoms with Crippen molar-refractivity contribution in [1.29, 1.82) is 0 Å². The largest absolute Gasteiger partial charge is 0.356 e. The molecule has 0 amide bonds. The molecule has 65 valence electrons. The van der Waals surface area contributed by atoms with E-state index in [1.54, 1.807) is 0 Å². The zero-order chi connectivity index (χ0) is 8.10. The van der Waals surface area contributed by atoms with Crippen LogP contribution in [0, 0.1) is 6.23 Å². The maximum Gasteiger partial charge on any atom is 0.164 e. The van der Waals surface area contributed by atoms with Gasteiger partial charge in [0.15, 0.2) is 6.23 Å². The van der Waals surface area contributed by atoms with Crippen LogP contribution >= 0.6 is 0 Å². The second-order valence-electron chi connectivity index (χ2n) is 2.93. The van der Waals surface area contributed by atoms with Crippen molar-refractivity contribution >= 4 is 0 Å². The minimum Gasteiger partial charge on any atom is -0.356 e. The fourth-order valence-electron chi connectivity index (χ4n) is 1.46. The van der Waals surface area contributed by atoms with Gasteiger partial charge in [-0.1, -0.05) is 13.8 Å². The first-order valence-corrected chi connectivity index (χ1v) is 4.62. The summed E-state index contributed by atoms with van der Waals surface area (Å²) in [4.78, 5) is 2.34. The van der Waals surface area contributed by atoms with Gasteiger partial charge in [-0.3, -0.25) is 4.90 Å². The Labute approximate surface area is 69.5 Å². The number of hydrogen-bond acceptors (Lipinski definition) is 2. The Morgan fingerprint density at radius 1 is 1.45 bits per heavy atom. The molecule has 0 aromatic carbocycles. The maximum atomic E-state index is 5.50. The van der Waals surface area contributed by atoms with Gasteiger partial charge in [-0.2, -0.15) is 0 Å². The summed E-state index contributed by atoms with van der Waals surface area (Å²) in [6.45, 7) is 7.55. The van der Waals surface area contributed by atoms with Crippen molar-refractivity contribution in [3.63, 3.8) is 0 Å². The van der Waals surface area contributed by atoms with Crippen LogP contribution in [-0.4, -0.2) is 24.6 Å². The second-order valence-corrected chi connectivity index (χ2v) is 2.93. The van der Waals surface area contributed by atoms with Crippen LogP contribution in [0.25, 0.3) is 0 Å². The minimum absolute atomic E-state index is 0.926. The molecular weight excluding hydrogens is 138 g/mol. The van der Waals surface area contributed by atoms with Crippen molar-refractivity contribution in [2.75, 3.05) is 19.7 Å². The van der Waals surface area contributed by atoms with Gasteiger partial charge >= 0.3 is 0 Å². The molecule has 0 aliphatic carbocycles. The highest BCUT2D eigenvalue weighted by atomic mass is 16.5. The monoisotopic (exact) mass is 156 g/mol. The van der Waals surface area contributed by atoms with Gasteiger partial charge in [0.25, 0.3) is 0 Å². The molecule has 0 unspecified atom stereocenters. The smallest absolute Gasteiger partial charge is 0.164 e. The van der Waals surface area contributed by atoms with Gasteiger partial charge in [0.2, 0.25) is 0 Å². The van der Waals surface area contributed by atoms with Crippen LogP contribution in [0.4, 0.5) is 0 Å². The fourth-order valence-corrected chi connectivity index (χ4v) is 1.46. The Kier molecular flexibility index (Phi) is 3.87. The van der Waals surface area contributed by atoms with E-state index in [2.05, 4.69) is 18.7 Å². The third kappa shape index (κ3) is 2.46. The summed E-state index contributed by atoms with van der Waals surface area (Å²) >= 11 is 0. The molecule has 0 N–H and O–H groups in total. The molecule has 1 rings (SSSR count). The molecule has 1 aliphatic heterocycles. The van der Waals surface area contributed by atoms with Crippen LogP contribution in [0.1, 0.15) is 33.1 Å². The third-order valence-electron chi connectivity index (χ3n) is 2.03. The molecule has 2 heteroatoms.